The lowest BCUT2D eigenvalue weighted by molar-refractivity contribution is -0.115. The van der Waals surface area contributed by atoms with Crippen LogP contribution in [0.5, 0.6) is 0 Å². The van der Waals surface area contributed by atoms with Crippen LogP contribution in [0.3, 0.4) is 0 Å². The van der Waals surface area contributed by atoms with E-state index >= 15 is 0 Å². The molecule has 172 valence electrons. The lowest BCUT2D eigenvalue weighted by Gasteiger charge is -2.26. The van der Waals surface area contributed by atoms with Gasteiger partial charge in [0.25, 0.3) is 0 Å². The van der Waals surface area contributed by atoms with E-state index in [0.29, 0.717) is 36.3 Å². The van der Waals surface area contributed by atoms with Crippen molar-refractivity contribution in [3.63, 3.8) is 0 Å². The molecule has 2 atom stereocenters. The van der Waals surface area contributed by atoms with Crippen LogP contribution in [-0.2, 0) is 29.5 Å². The first-order valence-electron chi connectivity index (χ1n) is 10.8. The summed E-state index contributed by atoms with van der Waals surface area (Å²) in [6.07, 6.45) is 3.12. The van der Waals surface area contributed by atoms with Crippen LogP contribution < -0.4 is 10.6 Å². The number of anilines is 1. The minimum Gasteiger partial charge on any atom is -0.381 e. The van der Waals surface area contributed by atoms with Gasteiger partial charge < -0.3 is 15.4 Å². The first-order valence-corrected chi connectivity index (χ1v) is 12.7. The van der Waals surface area contributed by atoms with E-state index in [9.17, 15) is 13.2 Å². The molecule has 1 aliphatic heterocycles. The van der Waals surface area contributed by atoms with Crippen LogP contribution in [0.15, 0.2) is 30.3 Å². The predicted molar refractivity (Wildman–Crippen MR) is 123 cm³/mol. The van der Waals surface area contributed by atoms with Gasteiger partial charge in [-0.1, -0.05) is 0 Å². The highest BCUT2D eigenvalue weighted by molar-refractivity contribution is 7.91. The van der Waals surface area contributed by atoms with Gasteiger partial charge in [-0.05, 0) is 70.0 Å². The van der Waals surface area contributed by atoms with Gasteiger partial charge in [0, 0.05) is 29.5 Å². The Labute approximate surface area is 189 Å². The van der Waals surface area contributed by atoms with Gasteiger partial charge in [-0.3, -0.25) is 4.79 Å². The molecule has 2 aliphatic rings. The highest BCUT2D eigenvalue weighted by Crippen LogP contribution is 2.58. The number of likely N-dealkylation sites (N-methyl/N-ethyl adjacent to an activating group) is 1. The van der Waals surface area contributed by atoms with Crippen molar-refractivity contribution in [2.24, 2.45) is 5.92 Å². The summed E-state index contributed by atoms with van der Waals surface area (Å²) in [6.45, 7) is 4.99. The zero-order chi connectivity index (χ0) is 23.1. The monoisotopic (exact) mass is 458 g/mol. The Kier molecular flexibility index (Phi) is 5.85. The molecule has 1 saturated carbocycles. The number of nitrogens with one attached hydrogen (secondary N) is 2. The molecule has 1 saturated heterocycles. The van der Waals surface area contributed by atoms with Crippen molar-refractivity contribution in [1.29, 1.82) is 0 Å². The molecule has 2 aromatic rings. The number of hydrogen-bond donors (Lipinski definition) is 2. The first-order chi connectivity index (χ1) is 15.1. The second-order valence-corrected chi connectivity index (χ2v) is 11.8. The number of hydrogen-bond acceptors (Lipinski definition) is 7. The number of nitrogens with zero attached hydrogens (tertiary/aromatic N) is 2. The van der Waals surface area contributed by atoms with Crippen LogP contribution in [0, 0.1) is 5.92 Å². The van der Waals surface area contributed by atoms with Crippen molar-refractivity contribution in [2.75, 3.05) is 38.4 Å². The van der Waals surface area contributed by atoms with Gasteiger partial charge in [0.15, 0.2) is 15.7 Å². The van der Waals surface area contributed by atoms with E-state index in [0.717, 1.165) is 24.1 Å². The van der Waals surface area contributed by atoms with Crippen molar-refractivity contribution >= 4 is 21.4 Å². The minimum atomic E-state index is -3.40. The van der Waals surface area contributed by atoms with Gasteiger partial charge in [0.1, 0.15) is 4.75 Å². The fourth-order valence-corrected chi connectivity index (χ4v) is 4.71. The molecule has 2 heterocycles. The Morgan fingerprint density at radius 3 is 2.59 bits per heavy atom. The van der Waals surface area contributed by atoms with E-state index in [4.69, 9.17) is 9.72 Å². The van der Waals surface area contributed by atoms with Crippen molar-refractivity contribution in [3.8, 4) is 11.4 Å². The van der Waals surface area contributed by atoms with Crippen molar-refractivity contribution in [1.82, 2.24) is 15.3 Å². The molecule has 9 heteroatoms. The number of carbonyl (C=O) groups excluding carboxylic acids is 1. The van der Waals surface area contributed by atoms with Crippen molar-refractivity contribution in [2.45, 2.75) is 36.9 Å². The van der Waals surface area contributed by atoms with Crippen LogP contribution in [0.25, 0.3) is 11.4 Å². The summed E-state index contributed by atoms with van der Waals surface area (Å²) < 4.78 is 29.6. The fourth-order valence-electron chi connectivity index (χ4n) is 4.23. The van der Waals surface area contributed by atoms with Crippen LogP contribution in [-0.4, -0.2) is 57.4 Å². The van der Waals surface area contributed by atoms with Crippen molar-refractivity contribution < 1.29 is 17.9 Å². The van der Waals surface area contributed by atoms with Gasteiger partial charge in [0.05, 0.1) is 24.5 Å². The number of benzene rings is 1. The van der Waals surface area contributed by atoms with Gasteiger partial charge in [-0.25, -0.2) is 18.4 Å². The molecule has 1 aliphatic carbocycles. The first kappa shape index (κ1) is 22.8. The third-order valence-corrected chi connectivity index (χ3v) is 8.85. The number of ether oxygens (including phenoxy) is 1. The van der Waals surface area contributed by atoms with E-state index in [-0.39, 0.29) is 17.9 Å². The van der Waals surface area contributed by atoms with Crippen LogP contribution >= 0.6 is 0 Å². The zero-order valence-electron chi connectivity index (χ0n) is 18.9. The highest BCUT2D eigenvalue weighted by Gasteiger charge is 2.58. The maximum atomic E-state index is 12.6. The minimum absolute atomic E-state index is 0.0562. The number of carbonyl (C=O) groups is 1. The van der Waals surface area contributed by atoms with E-state index in [1.54, 1.807) is 33.0 Å². The summed E-state index contributed by atoms with van der Waals surface area (Å²) in [5.74, 6) is 0.779. The average molecular weight is 459 g/mol. The molecule has 32 heavy (non-hydrogen) atoms. The van der Waals surface area contributed by atoms with Gasteiger partial charge in [-0.15, -0.1) is 0 Å². The standard InChI is InChI=1S/C23H30N4O4S/c1-22(2,32(4,29)30)18-11-19(23-9-10-31-14-16(23)12-23)27-21(26-18)15-5-7-17(8-6-15)25-20(28)13-24-3/h5-8,11,16,24H,9-10,12-14H2,1-4H3,(H,25,28)/t16-,23+/m1/s1. The maximum absolute atomic E-state index is 12.6. The molecule has 4 rings (SSSR count). The smallest absolute Gasteiger partial charge is 0.238 e. The topological polar surface area (TPSA) is 110 Å². The summed E-state index contributed by atoms with van der Waals surface area (Å²) in [6, 6.07) is 9.16. The van der Waals surface area contributed by atoms with E-state index in [1.807, 2.05) is 18.2 Å². The molecule has 0 radical (unpaired) electrons. The van der Waals surface area contributed by atoms with Crippen LogP contribution in [0.1, 0.15) is 38.1 Å². The molecule has 0 unspecified atom stereocenters. The zero-order valence-corrected chi connectivity index (χ0v) is 19.8. The van der Waals surface area contributed by atoms with Gasteiger partial charge in [0.2, 0.25) is 5.91 Å². The highest BCUT2D eigenvalue weighted by atomic mass is 32.2. The van der Waals surface area contributed by atoms with E-state index < -0.39 is 14.6 Å². The van der Waals surface area contributed by atoms with E-state index in [1.165, 1.54) is 6.26 Å². The Bertz CT molecular complexity index is 1130. The third-order valence-electron chi connectivity index (χ3n) is 6.79. The van der Waals surface area contributed by atoms with Crippen LogP contribution in [0.4, 0.5) is 5.69 Å². The molecule has 2 N–H and O–H groups in total. The Hall–Kier alpha value is -2.36. The molecule has 0 spiro atoms. The second-order valence-electron chi connectivity index (χ2n) is 9.28. The van der Waals surface area contributed by atoms with E-state index in [2.05, 4.69) is 15.6 Å². The molecule has 8 nitrogen and oxygen atoms in total. The predicted octanol–water partition coefficient (Wildman–Crippen LogP) is 2.26. The number of aromatic nitrogens is 2. The number of amides is 1. The van der Waals surface area contributed by atoms with Gasteiger partial charge >= 0.3 is 0 Å². The number of sulfone groups is 1. The summed E-state index contributed by atoms with van der Waals surface area (Å²) in [7, 11) is -1.69. The lowest BCUT2D eigenvalue weighted by Crippen LogP contribution is -2.31. The number of rotatable bonds is 7. The second kappa shape index (κ2) is 8.20. The summed E-state index contributed by atoms with van der Waals surface area (Å²) in [5, 5.41) is 5.63. The molecule has 0 bridgehead atoms. The third kappa shape index (κ3) is 4.16. The quantitative estimate of drug-likeness (QED) is 0.655. The number of fused-ring (bicyclic) bond motifs is 1. The molecule has 1 aromatic heterocycles. The summed E-state index contributed by atoms with van der Waals surface area (Å²) >= 11 is 0. The lowest BCUT2D eigenvalue weighted by atomic mass is 9.92. The molecular formula is C23H30N4O4S. The Balaban J connectivity index is 1.74. The normalized spacial score (nSPS) is 22.8. The molecule has 1 aromatic carbocycles. The Morgan fingerprint density at radius 1 is 1.25 bits per heavy atom. The average Bonchev–Trinajstić information content (AvgIpc) is 3.49. The van der Waals surface area contributed by atoms with Crippen LogP contribution in [0.2, 0.25) is 0 Å². The van der Waals surface area contributed by atoms with Gasteiger partial charge in [-0.2, -0.15) is 0 Å². The SMILES string of the molecule is CNCC(=O)Nc1ccc(-c2nc(C(C)(C)S(C)(=O)=O)cc([C@]34CCOC[C@H]3C4)n2)cc1. The maximum Gasteiger partial charge on any atom is 0.238 e. The largest absolute Gasteiger partial charge is 0.381 e. The Morgan fingerprint density at radius 2 is 1.97 bits per heavy atom. The fraction of sp³-hybridized carbons (Fsp3) is 0.522. The molecular weight excluding hydrogens is 428 g/mol. The molecule has 2 fully saturated rings. The molecule has 1 amide bonds. The summed E-state index contributed by atoms with van der Waals surface area (Å²) in [5.41, 5.74) is 2.78. The summed E-state index contributed by atoms with van der Waals surface area (Å²) in [4.78, 5) is 21.4. The van der Waals surface area contributed by atoms with Crippen molar-refractivity contribution in [3.05, 3.63) is 41.7 Å².